The van der Waals surface area contributed by atoms with Crippen molar-refractivity contribution in [2.24, 2.45) is 0 Å². The van der Waals surface area contributed by atoms with E-state index in [2.05, 4.69) is 4.74 Å². The van der Waals surface area contributed by atoms with E-state index < -0.39 is 11.9 Å². The van der Waals surface area contributed by atoms with E-state index in [4.69, 9.17) is 13.9 Å². The third-order valence-corrected chi connectivity index (χ3v) is 5.85. The maximum absolute atomic E-state index is 13.1. The number of quaternary nitrogens is 1. The molecule has 0 bridgehead atoms. The van der Waals surface area contributed by atoms with Crippen molar-refractivity contribution < 1.29 is 28.2 Å². The fourth-order valence-corrected chi connectivity index (χ4v) is 3.92. The molecule has 0 aliphatic carbocycles. The van der Waals surface area contributed by atoms with Crippen LogP contribution in [0.2, 0.25) is 0 Å². The van der Waals surface area contributed by atoms with Crippen LogP contribution in [0.4, 0.5) is 5.88 Å². The number of benzene rings is 2. The van der Waals surface area contributed by atoms with Crippen molar-refractivity contribution in [1.29, 1.82) is 0 Å². The summed E-state index contributed by atoms with van der Waals surface area (Å²) >= 11 is 0. The first-order valence-corrected chi connectivity index (χ1v) is 10.8. The van der Waals surface area contributed by atoms with E-state index in [1.54, 1.807) is 6.07 Å². The van der Waals surface area contributed by atoms with Gasteiger partial charge in [0.1, 0.15) is 13.1 Å². The Morgan fingerprint density at radius 3 is 2.42 bits per heavy atom. The predicted octanol–water partition coefficient (Wildman–Crippen LogP) is 3.25. The van der Waals surface area contributed by atoms with Gasteiger partial charge >= 0.3 is 17.8 Å². The van der Waals surface area contributed by atoms with Crippen molar-refractivity contribution in [3.05, 3.63) is 64.8 Å². The van der Waals surface area contributed by atoms with Crippen molar-refractivity contribution in [3.63, 3.8) is 0 Å². The summed E-state index contributed by atoms with van der Waals surface area (Å²) in [4.78, 5) is 36.6. The molecule has 0 spiro atoms. The number of fused-ring (bicyclic) bond motifs is 1. The van der Waals surface area contributed by atoms with Crippen LogP contribution in [0.5, 0.6) is 0 Å². The summed E-state index contributed by atoms with van der Waals surface area (Å²) in [5.74, 6) is -0.575. The van der Waals surface area contributed by atoms with Crippen molar-refractivity contribution in [2.45, 2.75) is 12.8 Å². The first-order valence-electron chi connectivity index (χ1n) is 10.8. The number of rotatable bonds is 7. The second kappa shape index (κ2) is 9.97. The number of carbonyl (C=O) groups is 2. The Kier molecular flexibility index (Phi) is 6.86. The van der Waals surface area contributed by atoms with E-state index in [1.165, 1.54) is 13.2 Å². The Morgan fingerprint density at radius 1 is 0.970 bits per heavy atom. The van der Waals surface area contributed by atoms with Gasteiger partial charge in [-0.05, 0) is 11.6 Å². The molecule has 0 radical (unpaired) electrons. The predicted molar refractivity (Wildman–Crippen MR) is 122 cm³/mol. The number of methoxy groups -OCH3 is 1. The number of carbonyl (C=O) groups excluding carboxylic acids is 2. The zero-order valence-corrected chi connectivity index (χ0v) is 18.5. The first-order chi connectivity index (χ1) is 16.0. The highest BCUT2D eigenvalue weighted by atomic mass is 16.6. The Hall–Kier alpha value is -3.49. The molecule has 8 nitrogen and oxygen atoms in total. The third kappa shape index (κ3) is 4.97. The lowest BCUT2D eigenvalue weighted by molar-refractivity contribution is -0.153. The van der Waals surface area contributed by atoms with Crippen LogP contribution < -0.4 is 9.91 Å². The molecule has 0 unspecified atom stereocenters. The quantitative estimate of drug-likeness (QED) is 0.401. The van der Waals surface area contributed by atoms with Gasteiger partial charge in [0, 0.05) is 5.56 Å². The van der Waals surface area contributed by atoms with Crippen LogP contribution in [0, 0.1) is 0 Å². The van der Waals surface area contributed by atoms with Crippen LogP contribution in [0.3, 0.4) is 0 Å². The van der Waals surface area contributed by atoms with Crippen LogP contribution in [0.1, 0.15) is 12.8 Å². The molecule has 1 fully saturated rings. The lowest BCUT2D eigenvalue weighted by atomic mass is 10.0. The SMILES string of the molecule is COC(=O)CCC(=O)OC[N+]1(c2cc(=O)c3cccc(-c4ccccc4)c3o2)CCOCC1. The average molecular weight is 452 g/mol. The number of nitrogens with zero attached hydrogens (tertiary/aromatic N) is 1. The molecule has 0 amide bonds. The van der Waals surface area contributed by atoms with Crippen LogP contribution in [0.15, 0.2) is 63.8 Å². The second-order valence-electron chi connectivity index (χ2n) is 7.92. The van der Waals surface area contributed by atoms with E-state index in [0.29, 0.717) is 43.2 Å². The fraction of sp³-hybridized carbons (Fsp3) is 0.320. The summed E-state index contributed by atoms with van der Waals surface area (Å²) in [5.41, 5.74) is 2.08. The van der Waals surface area contributed by atoms with Gasteiger partial charge in [-0.2, -0.15) is 0 Å². The largest absolute Gasteiger partial charge is 0.469 e. The highest BCUT2D eigenvalue weighted by Crippen LogP contribution is 2.32. The van der Waals surface area contributed by atoms with E-state index in [1.807, 2.05) is 42.5 Å². The fourth-order valence-electron chi connectivity index (χ4n) is 3.92. The standard InChI is InChI=1S/C25H26NO7/c1-30-23(28)10-11-24(29)32-17-26(12-14-31-15-13-26)22-16-21(27)20-9-5-8-19(25(20)33-22)18-6-3-2-4-7-18/h2-9,16H,10-15,17H2,1H3/q+1. The van der Waals surface area contributed by atoms with Gasteiger partial charge in [0.2, 0.25) is 6.73 Å². The molecule has 1 saturated heterocycles. The van der Waals surface area contributed by atoms with E-state index >= 15 is 0 Å². The maximum atomic E-state index is 13.1. The number of para-hydroxylation sites is 1. The minimum atomic E-state index is -0.516. The summed E-state index contributed by atoms with van der Waals surface area (Å²) in [7, 11) is 1.27. The molecule has 8 heteroatoms. The molecule has 1 aliphatic heterocycles. The molecular weight excluding hydrogens is 426 g/mol. The van der Waals surface area contributed by atoms with Gasteiger partial charge < -0.3 is 18.6 Å². The highest BCUT2D eigenvalue weighted by molar-refractivity contribution is 5.92. The van der Waals surface area contributed by atoms with Gasteiger partial charge in [-0.25, -0.2) is 4.48 Å². The van der Waals surface area contributed by atoms with Crippen molar-refractivity contribution >= 4 is 28.8 Å². The topological polar surface area (TPSA) is 92.0 Å². The van der Waals surface area contributed by atoms with Gasteiger partial charge in [-0.3, -0.25) is 14.4 Å². The van der Waals surface area contributed by atoms with Crippen LogP contribution in [-0.2, 0) is 23.8 Å². The first kappa shape index (κ1) is 22.7. The Labute approximate surface area is 190 Å². The molecule has 1 aliphatic rings. The van der Waals surface area contributed by atoms with Crippen molar-refractivity contribution in [2.75, 3.05) is 40.1 Å². The van der Waals surface area contributed by atoms with Gasteiger partial charge in [-0.15, -0.1) is 0 Å². The Balaban J connectivity index is 1.70. The van der Waals surface area contributed by atoms with Crippen molar-refractivity contribution in [3.8, 4) is 11.1 Å². The molecule has 0 saturated carbocycles. The molecule has 3 aromatic rings. The minimum Gasteiger partial charge on any atom is -0.469 e. The number of esters is 2. The highest BCUT2D eigenvalue weighted by Gasteiger charge is 2.38. The van der Waals surface area contributed by atoms with Crippen LogP contribution >= 0.6 is 0 Å². The maximum Gasteiger partial charge on any atom is 0.310 e. The van der Waals surface area contributed by atoms with Gasteiger partial charge in [0.05, 0.1) is 44.6 Å². The number of morpholine rings is 1. The molecule has 172 valence electrons. The van der Waals surface area contributed by atoms with Gasteiger partial charge in [-0.1, -0.05) is 42.5 Å². The van der Waals surface area contributed by atoms with E-state index in [0.717, 1.165) is 11.1 Å². The van der Waals surface area contributed by atoms with Gasteiger partial charge in [0.25, 0.3) is 0 Å². The lowest BCUT2D eigenvalue weighted by Gasteiger charge is -2.37. The molecule has 0 N–H and O–H groups in total. The molecule has 2 heterocycles. The number of hydrogen-bond acceptors (Lipinski definition) is 7. The zero-order valence-electron chi connectivity index (χ0n) is 18.5. The molecular formula is C25H26NO7+. The summed E-state index contributed by atoms with van der Waals surface area (Å²) in [5, 5.41) is 0.488. The lowest BCUT2D eigenvalue weighted by Crippen LogP contribution is -2.58. The second-order valence-corrected chi connectivity index (χ2v) is 7.92. The molecule has 4 rings (SSSR count). The molecule has 1 aromatic heterocycles. The Bertz CT molecular complexity index is 1200. The van der Waals surface area contributed by atoms with Gasteiger partial charge in [0.15, 0.2) is 11.0 Å². The smallest absolute Gasteiger partial charge is 0.310 e. The van der Waals surface area contributed by atoms with E-state index in [9.17, 15) is 14.4 Å². The third-order valence-electron chi connectivity index (χ3n) is 5.85. The normalized spacial score (nSPS) is 15.2. The van der Waals surface area contributed by atoms with Crippen LogP contribution in [-0.4, -0.2) is 52.1 Å². The number of ether oxygens (including phenoxy) is 3. The number of hydrogen-bond donors (Lipinski definition) is 0. The van der Waals surface area contributed by atoms with Crippen LogP contribution in [0.25, 0.3) is 22.1 Å². The zero-order chi connectivity index (χ0) is 23.3. The summed E-state index contributed by atoms with van der Waals surface area (Å²) in [6, 6.07) is 16.7. The Morgan fingerprint density at radius 2 is 1.70 bits per heavy atom. The molecule has 33 heavy (non-hydrogen) atoms. The summed E-state index contributed by atoms with van der Waals surface area (Å²) in [6.45, 7) is 1.80. The summed E-state index contributed by atoms with van der Waals surface area (Å²) in [6.07, 6.45) is -0.132. The monoisotopic (exact) mass is 452 g/mol. The minimum absolute atomic E-state index is 0.0225. The van der Waals surface area contributed by atoms with Crippen molar-refractivity contribution in [1.82, 2.24) is 4.48 Å². The molecule has 0 atom stereocenters. The molecule has 2 aromatic carbocycles. The average Bonchev–Trinajstić information content (AvgIpc) is 2.86. The summed E-state index contributed by atoms with van der Waals surface area (Å²) < 4.78 is 22.1. The van der Waals surface area contributed by atoms with E-state index in [-0.39, 0.29) is 29.5 Å².